The number of rotatable bonds is 8. The van der Waals surface area contributed by atoms with Crippen molar-refractivity contribution in [1.82, 2.24) is 30.5 Å². The lowest BCUT2D eigenvalue weighted by Crippen LogP contribution is -2.58. The summed E-state index contributed by atoms with van der Waals surface area (Å²) >= 11 is 0. The highest BCUT2D eigenvalue weighted by atomic mass is 16.5. The Bertz CT molecular complexity index is 1460. The van der Waals surface area contributed by atoms with Gasteiger partial charge in [-0.2, -0.15) is 0 Å². The van der Waals surface area contributed by atoms with Crippen LogP contribution in [0.15, 0.2) is 54.6 Å². The molecule has 0 saturated carbocycles. The van der Waals surface area contributed by atoms with Crippen LogP contribution in [0.5, 0.6) is 0 Å². The number of nitrogens with one attached hydrogen (secondary N) is 2. The Morgan fingerprint density at radius 2 is 1.88 bits per heavy atom. The summed E-state index contributed by atoms with van der Waals surface area (Å²) in [6.45, 7) is 3.55. The molecule has 11 heteroatoms. The average Bonchev–Trinajstić information content (AvgIpc) is 3.64. The number of benzene rings is 2. The van der Waals surface area contributed by atoms with Crippen molar-refractivity contribution in [3.05, 3.63) is 60.2 Å². The molecule has 3 aliphatic heterocycles. The van der Waals surface area contributed by atoms with Crippen LogP contribution in [0.4, 0.5) is 0 Å². The maximum atomic E-state index is 14.3. The third-order valence-corrected chi connectivity index (χ3v) is 9.27. The Kier molecular flexibility index (Phi) is 6.38. The van der Waals surface area contributed by atoms with Crippen LogP contribution in [-0.2, 0) is 32.2 Å². The molecule has 6 rings (SSSR count). The predicted molar refractivity (Wildman–Crippen MR) is 144 cm³/mol. The van der Waals surface area contributed by atoms with Gasteiger partial charge in [-0.05, 0) is 43.4 Å². The molecule has 3 unspecified atom stereocenters. The van der Waals surface area contributed by atoms with Gasteiger partial charge in [-0.15, -0.1) is 5.10 Å². The Morgan fingerprint density at radius 3 is 2.60 bits per heavy atom. The number of ether oxygens (including phenoxy) is 1. The number of fused-ring (bicyclic) bond motifs is 2. The SMILES string of the molecule is CNC(=O)[C@@H]1[C@H]2C(=O)N([C@@H](CO)Cc3ccccc3)C(C(=O)NCn3nnc4ccccc43)C23CC(C)[C@@]1(C)O3. The second kappa shape index (κ2) is 9.67. The Morgan fingerprint density at radius 1 is 1.15 bits per heavy atom. The maximum Gasteiger partial charge on any atom is 0.247 e. The molecule has 3 aromatic rings. The van der Waals surface area contributed by atoms with Gasteiger partial charge in [0.1, 0.15) is 23.8 Å². The zero-order valence-electron chi connectivity index (χ0n) is 22.8. The van der Waals surface area contributed by atoms with Crippen molar-refractivity contribution in [3.8, 4) is 0 Å². The summed E-state index contributed by atoms with van der Waals surface area (Å²) in [7, 11) is 1.55. The first-order valence-corrected chi connectivity index (χ1v) is 13.7. The monoisotopic (exact) mass is 546 g/mol. The number of aromatic nitrogens is 3. The minimum Gasteiger partial charge on any atom is -0.394 e. The smallest absolute Gasteiger partial charge is 0.247 e. The van der Waals surface area contributed by atoms with Crippen LogP contribution in [0.25, 0.3) is 11.0 Å². The van der Waals surface area contributed by atoms with E-state index in [1.807, 2.05) is 68.4 Å². The largest absolute Gasteiger partial charge is 0.394 e. The molecule has 1 aromatic heterocycles. The number of likely N-dealkylation sites (tertiary alicyclic amines) is 1. The highest BCUT2D eigenvalue weighted by molar-refractivity contribution is 5.99. The number of aliphatic hydroxyl groups excluding tert-OH is 1. The molecule has 210 valence electrons. The fraction of sp³-hybridized carbons (Fsp3) is 0.483. The number of hydrogen-bond donors (Lipinski definition) is 3. The molecule has 4 heterocycles. The lowest BCUT2D eigenvalue weighted by Gasteiger charge is -2.37. The highest BCUT2D eigenvalue weighted by Gasteiger charge is 2.80. The van der Waals surface area contributed by atoms with E-state index in [4.69, 9.17) is 4.74 Å². The van der Waals surface area contributed by atoms with Crippen molar-refractivity contribution in [2.45, 2.75) is 56.6 Å². The zero-order chi connectivity index (χ0) is 28.2. The molecule has 3 amide bonds. The molecular weight excluding hydrogens is 512 g/mol. The molecule has 1 spiro atoms. The second-order valence-corrected chi connectivity index (χ2v) is 11.4. The summed E-state index contributed by atoms with van der Waals surface area (Å²) in [4.78, 5) is 43.2. The van der Waals surface area contributed by atoms with Gasteiger partial charge >= 0.3 is 0 Å². The van der Waals surface area contributed by atoms with Gasteiger partial charge in [0.05, 0.1) is 35.6 Å². The topological polar surface area (TPSA) is 139 Å². The first kappa shape index (κ1) is 26.4. The first-order valence-electron chi connectivity index (χ1n) is 13.7. The lowest BCUT2D eigenvalue weighted by atomic mass is 9.62. The number of nitrogens with zero attached hydrogens (tertiary/aromatic N) is 4. The Balaban J connectivity index is 1.39. The van der Waals surface area contributed by atoms with Gasteiger partial charge in [0, 0.05) is 7.05 Å². The van der Waals surface area contributed by atoms with Crippen molar-refractivity contribution >= 4 is 28.8 Å². The second-order valence-electron chi connectivity index (χ2n) is 11.4. The predicted octanol–water partition coefficient (Wildman–Crippen LogP) is 0.865. The van der Waals surface area contributed by atoms with E-state index in [0.29, 0.717) is 18.4 Å². The van der Waals surface area contributed by atoms with E-state index in [1.165, 1.54) is 4.90 Å². The van der Waals surface area contributed by atoms with E-state index in [9.17, 15) is 19.5 Å². The van der Waals surface area contributed by atoms with Crippen molar-refractivity contribution in [3.63, 3.8) is 0 Å². The number of hydrogen-bond acceptors (Lipinski definition) is 7. The van der Waals surface area contributed by atoms with Gasteiger partial charge in [-0.1, -0.05) is 54.6 Å². The molecule has 0 aliphatic carbocycles. The molecule has 7 atom stereocenters. The van der Waals surface area contributed by atoms with E-state index in [-0.39, 0.29) is 31.0 Å². The summed E-state index contributed by atoms with van der Waals surface area (Å²) in [5.41, 5.74) is 0.270. The third-order valence-electron chi connectivity index (χ3n) is 9.27. The summed E-state index contributed by atoms with van der Waals surface area (Å²) < 4.78 is 8.29. The van der Waals surface area contributed by atoms with E-state index in [0.717, 1.165) is 11.1 Å². The van der Waals surface area contributed by atoms with Crippen LogP contribution in [0, 0.1) is 17.8 Å². The molecule has 3 saturated heterocycles. The summed E-state index contributed by atoms with van der Waals surface area (Å²) in [5.74, 6) is -2.73. The van der Waals surface area contributed by atoms with Gasteiger partial charge in [-0.3, -0.25) is 14.4 Å². The van der Waals surface area contributed by atoms with E-state index >= 15 is 0 Å². The van der Waals surface area contributed by atoms with Crippen LogP contribution < -0.4 is 10.6 Å². The number of amides is 3. The minimum atomic E-state index is -1.21. The van der Waals surface area contributed by atoms with Crippen molar-refractivity contribution in [1.29, 1.82) is 0 Å². The first-order chi connectivity index (χ1) is 19.2. The summed E-state index contributed by atoms with van der Waals surface area (Å²) in [6.07, 6.45) is 0.790. The van der Waals surface area contributed by atoms with Gasteiger partial charge in [0.2, 0.25) is 17.7 Å². The molecule has 2 bridgehead atoms. The number of para-hydroxylation sites is 1. The van der Waals surface area contributed by atoms with Crippen LogP contribution >= 0.6 is 0 Å². The van der Waals surface area contributed by atoms with Gasteiger partial charge < -0.3 is 25.4 Å². The quantitative estimate of drug-likeness (QED) is 0.381. The Labute approximate surface area is 231 Å². The molecule has 40 heavy (non-hydrogen) atoms. The summed E-state index contributed by atoms with van der Waals surface area (Å²) in [6, 6.07) is 15.2. The minimum absolute atomic E-state index is 0.0345. The average molecular weight is 547 g/mol. The standard InChI is InChI=1S/C29H34N6O5/c1-17-14-29-23(22(25(37)30-3)28(17,2)40-29)27(39)35(19(15-36)13-18-9-5-4-6-10-18)24(29)26(38)31-16-34-21-12-8-7-11-20(21)32-33-34/h4-12,17,19,22-24,36H,13-16H2,1-3H3,(H,30,37)(H,31,38)/t17?,19-,22+,23+,24?,28-,29?/m1/s1. The van der Waals surface area contributed by atoms with Gasteiger partial charge in [0.25, 0.3) is 0 Å². The van der Waals surface area contributed by atoms with Gasteiger partial charge in [0.15, 0.2) is 0 Å². The van der Waals surface area contributed by atoms with Crippen LogP contribution in [0.3, 0.4) is 0 Å². The molecule has 11 nitrogen and oxygen atoms in total. The third kappa shape index (κ3) is 3.75. The highest BCUT2D eigenvalue weighted by Crippen LogP contribution is 2.65. The maximum absolute atomic E-state index is 14.3. The summed E-state index contributed by atoms with van der Waals surface area (Å²) in [5, 5.41) is 24.5. The van der Waals surface area contributed by atoms with Crippen LogP contribution in [0.1, 0.15) is 25.8 Å². The molecular formula is C29H34N6O5. The molecule has 0 radical (unpaired) electrons. The molecule has 2 aromatic carbocycles. The van der Waals surface area contributed by atoms with Crippen molar-refractivity contribution < 1.29 is 24.2 Å². The normalized spacial score (nSPS) is 31.4. The van der Waals surface area contributed by atoms with Gasteiger partial charge in [-0.25, -0.2) is 4.68 Å². The fourth-order valence-corrected chi connectivity index (χ4v) is 7.35. The van der Waals surface area contributed by atoms with Crippen molar-refractivity contribution in [2.75, 3.05) is 13.7 Å². The van der Waals surface area contributed by atoms with Crippen molar-refractivity contribution in [2.24, 2.45) is 17.8 Å². The Hall–Kier alpha value is -3.83. The van der Waals surface area contributed by atoms with E-state index < -0.39 is 41.0 Å². The van der Waals surface area contributed by atoms with E-state index in [2.05, 4.69) is 20.9 Å². The zero-order valence-corrected chi connectivity index (χ0v) is 22.8. The molecule has 3 N–H and O–H groups in total. The van der Waals surface area contributed by atoms with E-state index in [1.54, 1.807) is 11.7 Å². The number of carbonyl (C=O) groups is 3. The molecule has 3 aliphatic rings. The van der Waals surface area contributed by atoms with Crippen LogP contribution in [0.2, 0.25) is 0 Å². The fourth-order valence-electron chi connectivity index (χ4n) is 7.35. The number of aliphatic hydroxyl groups is 1. The van der Waals surface area contributed by atoms with Crippen LogP contribution in [-0.4, -0.2) is 79.7 Å². The lowest BCUT2D eigenvalue weighted by molar-refractivity contribution is -0.151. The molecule has 3 fully saturated rings. The number of carbonyl (C=O) groups excluding carboxylic acids is 3.